The Hall–Kier alpha value is -12.5. The van der Waals surface area contributed by atoms with Gasteiger partial charge in [0.25, 0.3) is 0 Å². The molecule has 2 aliphatic heterocycles. The fourth-order valence-corrected chi connectivity index (χ4v) is 28.7. The minimum atomic E-state index is -3.52. The second kappa shape index (κ2) is 51.0. The van der Waals surface area contributed by atoms with Gasteiger partial charge in [-0.3, -0.25) is 9.59 Å². The number of benzene rings is 13. The maximum Gasteiger partial charge on any atom is 0.377 e. The van der Waals surface area contributed by atoms with Gasteiger partial charge in [-0.1, -0.05) is 267 Å². The molecule has 2 heterocycles. The molecule has 754 valence electrons. The monoisotopic (exact) mass is 2050 g/mol. The first-order valence-electron chi connectivity index (χ1n) is 49.1. The van der Waals surface area contributed by atoms with Crippen molar-refractivity contribution in [2.24, 2.45) is 40.9 Å². The standard InChI is InChI=1S/C21H26F2O2.4C18H15S.C11H12F2O4.C10H16F2O2.C7H8F2O4/c1-14-3-5-17(6-4-14)21-10-15-7-16(11-21)9-20(8-15,12-21)13-25-18(24)19(2,22)23;4*1-4-10-16(11-5-1)19(17-12-6-2-7-13-17)18-14-8-3-9-15-18;1-11(12,13)10(15)17-7-4-2-5-6(3-4)9(14)16-8(5)7;1-10(11,12)9(13)14-7-8-5-3-2-4-6-8;1-7(8,9)6(11)13-4-2-5(10)12-3-4/h3-6,15-16H,7-13H2,1-2H3;4*1-15H;4-8H,2-3H2,1H3;8H,2-7H2,1H3;4H,2-3H2,1H3/q;4*+1;;;. The molecule has 9 fully saturated rings. The SMILES string of the molecule is CC(F)(F)C(=O)OC1C2CC3C(=O)OC1C3C2.CC(F)(F)C(=O)OC1COC(=O)C1.CC(F)(F)C(=O)OCC1CCCCC1.Cc1ccc(C23CC4CC(CC(COC(=O)C(C)(F)F)(C4)C2)C3)cc1.c1ccc([S+](c2ccccc2)c2ccccc2)cc1.c1ccc([S+](c2ccccc2)c2ccccc2)cc1.c1ccc([S+](c2ccccc2)c2ccccc2)cc1.c1ccc([S+](c2ccccc2)c2ccccc2)cc1. The Morgan fingerprint density at radius 3 is 0.945 bits per heavy atom. The number of rotatable bonds is 23. The molecule has 2 saturated heterocycles. The molecule has 0 aromatic heterocycles. The Labute approximate surface area is 856 Å². The van der Waals surface area contributed by atoms with Crippen LogP contribution in [0.15, 0.2) is 447 Å². The highest BCUT2D eigenvalue weighted by Crippen LogP contribution is 2.66. The second-order valence-electron chi connectivity index (χ2n) is 38.0. The molecule has 0 radical (unpaired) electrons. The van der Waals surface area contributed by atoms with E-state index in [4.69, 9.17) is 14.2 Å². The van der Waals surface area contributed by atoms with Gasteiger partial charge in [-0.15, -0.1) is 0 Å². The summed E-state index contributed by atoms with van der Waals surface area (Å²) in [6.07, 6.45) is 11.1. The molecule has 7 saturated carbocycles. The lowest BCUT2D eigenvalue weighted by molar-refractivity contribution is -0.183. The molecule has 0 spiro atoms. The predicted octanol–water partition coefficient (Wildman–Crippen LogP) is 28.6. The summed E-state index contributed by atoms with van der Waals surface area (Å²) in [6, 6.07) is 137. The second-order valence-corrected chi connectivity index (χ2v) is 46.1. The quantitative estimate of drug-likeness (QED) is 0.0259. The van der Waals surface area contributed by atoms with Gasteiger partial charge >= 0.3 is 59.5 Å². The van der Waals surface area contributed by atoms with Crippen molar-refractivity contribution in [2.75, 3.05) is 19.8 Å². The summed E-state index contributed by atoms with van der Waals surface area (Å²) in [5.41, 5.74) is 2.65. The average molecular weight is 2050 g/mol. The van der Waals surface area contributed by atoms with E-state index in [2.05, 4.69) is 409 Å². The van der Waals surface area contributed by atoms with Gasteiger partial charge < -0.3 is 28.4 Å². The highest BCUT2D eigenvalue weighted by molar-refractivity contribution is 7.98. The van der Waals surface area contributed by atoms with Crippen molar-refractivity contribution in [1.82, 2.24) is 0 Å². The van der Waals surface area contributed by atoms with E-state index < -0.39 is 71.8 Å². The average Bonchev–Trinajstić information content (AvgIpc) is 1.43. The number of alkyl halides is 8. The zero-order valence-electron chi connectivity index (χ0n) is 81.7. The minimum absolute atomic E-state index is 0.00671. The number of carbonyl (C=O) groups excluding carboxylic acids is 6. The molecule has 12 nitrogen and oxygen atoms in total. The number of hydrogen-bond donors (Lipinski definition) is 0. The molecule has 145 heavy (non-hydrogen) atoms. The summed E-state index contributed by atoms with van der Waals surface area (Å²) in [6.45, 7) is 4.38. The maximum atomic E-state index is 13.2. The Kier molecular flexibility index (Phi) is 38.1. The summed E-state index contributed by atoms with van der Waals surface area (Å²) in [5.74, 6) is -19.1. The van der Waals surface area contributed by atoms with Gasteiger partial charge in [0.1, 0.15) is 24.9 Å². The lowest BCUT2D eigenvalue weighted by atomic mass is 9.43. The first-order chi connectivity index (χ1) is 69.8. The van der Waals surface area contributed by atoms with Crippen molar-refractivity contribution < 1.29 is 92.3 Å². The van der Waals surface area contributed by atoms with Crippen LogP contribution in [-0.2, 0) is 106 Å². The lowest BCUT2D eigenvalue weighted by Gasteiger charge is -2.62. The normalized spacial score (nSPS) is 20.8. The van der Waals surface area contributed by atoms with Gasteiger partial charge in [0.15, 0.2) is 58.7 Å². The van der Waals surface area contributed by atoms with Crippen LogP contribution in [-0.4, -0.2) is 97.6 Å². The lowest BCUT2D eigenvalue weighted by Crippen LogP contribution is -2.55. The van der Waals surface area contributed by atoms with Crippen LogP contribution in [0.4, 0.5) is 35.1 Å². The van der Waals surface area contributed by atoms with Crippen molar-refractivity contribution in [3.05, 3.63) is 399 Å². The smallest absolute Gasteiger partial charge is 0.377 e. The van der Waals surface area contributed by atoms with Crippen molar-refractivity contribution in [3.8, 4) is 0 Å². The highest BCUT2D eigenvalue weighted by atomic mass is 32.2. The Morgan fingerprint density at radius 1 is 0.359 bits per heavy atom. The molecule has 13 aromatic rings. The Bertz CT molecular complexity index is 5340. The summed E-state index contributed by atoms with van der Waals surface area (Å²) < 4.78 is 129. The number of aryl methyl sites for hydroxylation is 1. The molecule has 13 aromatic carbocycles. The Morgan fingerprint density at radius 2 is 0.655 bits per heavy atom. The number of cyclic esters (lactones) is 1. The molecule has 9 aliphatic rings. The van der Waals surface area contributed by atoms with Gasteiger partial charge in [0.2, 0.25) is 0 Å². The van der Waals surface area contributed by atoms with E-state index >= 15 is 0 Å². The van der Waals surface area contributed by atoms with Crippen LogP contribution in [0, 0.1) is 47.8 Å². The third kappa shape index (κ3) is 30.4. The van der Waals surface area contributed by atoms with Crippen LogP contribution in [0.2, 0.25) is 0 Å². The molecule has 8 unspecified atom stereocenters. The number of hydrogen-bond acceptors (Lipinski definition) is 12. The van der Waals surface area contributed by atoms with E-state index in [0.717, 1.165) is 51.4 Å². The van der Waals surface area contributed by atoms with Gasteiger partial charge in [0.05, 0.1) is 69.1 Å². The number of fused-ring (bicyclic) bond motifs is 1. The summed E-state index contributed by atoms with van der Waals surface area (Å²) in [4.78, 5) is 82.3. The van der Waals surface area contributed by atoms with Gasteiger partial charge in [-0.25, -0.2) is 19.2 Å². The van der Waals surface area contributed by atoms with E-state index in [0.29, 0.717) is 46.0 Å². The summed E-state index contributed by atoms with van der Waals surface area (Å²) in [5, 5.41) is 0. The first kappa shape index (κ1) is 108. The van der Waals surface area contributed by atoms with Crippen LogP contribution >= 0.6 is 0 Å². The molecular formula is C121H122F8O12S4+4. The van der Waals surface area contributed by atoms with Crippen LogP contribution < -0.4 is 0 Å². The molecule has 22 rings (SSSR count). The van der Waals surface area contributed by atoms with E-state index in [-0.39, 0.29) is 110 Å². The number of carbonyl (C=O) groups is 6. The van der Waals surface area contributed by atoms with Crippen molar-refractivity contribution in [3.63, 3.8) is 0 Å². The van der Waals surface area contributed by atoms with Crippen molar-refractivity contribution in [2.45, 2.75) is 231 Å². The van der Waals surface area contributed by atoms with Crippen molar-refractivity contribution >= 4 is 79.4 Å². The van der Waals surface area contributed by atoms with E-state index in [9.17, 15) is 63.9 Å². The first-order valence-corrected chi connectivity index (χ1v) is 54.0. The predicted molar refractivity (Wildman–Crippen MR) is 552 cm³/mol. The molecule has 8 atom stereocenters. The fourth-order valence-electron chi connectivity index (χ4n) is 20.3. The topological polar surface area (TPSA) is 158 Å². The van der Waals surface area contributed by atoms with Gasteiger partial charge in [0, 0.05) is 44.9 Å². The van der Waals surface area contributed by atoms with Crippen LogP contribution in [0.3, 0.4) is 0 Å². The third-order valence-electron chi connectivity index (χ3n) is 26.5. The molecule has 0 amide bonds. The van der Waals surface area contributed by atoms with E-state index in [1.54, 1.807) is 0 Å². The number of halogens is 8. The van der Waals surface area contributed by atoms with Crippen molar-refractivity contribution in [1.29, 1.82) is 0 Å². The number of ether oxygens (including phenoxy) is 6. The summed E-state index contributed by atoms with van der Waals surface area (Å²) >= 11 is 0. The molecule has 24 heteroatoms. The molecular weight excluding hydrogens is 1930 g/mol. The summed E-state index contributed by atoms with van der Waals surface area (Å²) in [7, 11) is -0.0585. The fraction of sp³-hybridized carbons (Fsp3) is 0.306. The maximum absolute atomic E-state index is 13.2. The van der Waals surface area contributed by atoms with Crippen LogP contribution in [0.25, 0.3) is 0 Å². The van der Waals surface area contributed by atoms with Crippen LogP contribution in [0.5, 0.6) is 0 Å². The largest absolute Gasteiger partial charge is 0.462 e. The molecule has 0 N–H and O–H groups in total. The molecule has 7 aliphatic carbocycles. The Balaban J connectivity index is 0.000000132. The van der Waals surface area contributed by atoms with E-state index in [1.807, 2.05) is 0 Å². The van der Waals surface area contributed by atoms with E-state index in [1.165, 1.54) is 95.6 Å². The van der Waals surface area contributed by atoms with Gasteiger partial charge in [-0.05, 0) is 245 Å². The zero-order valence-corrected chi connectivity index (χ0v) is 85.0. The molecule has 6 bridgehead atoms. The highest BCUT2D eigenvalue weighted by Gasteiger charge is 2.64. The van der Waals surface area contributed by atoms with Gasteiger partial charge in [-0.2, -0.15) is 35.1 Å². The third-order valence-corrected chi connectivity index (χ3v) is 35.4. The zero-order chi connectivity index (χ0) is 103. The minimum Gasteiger partial charge on any atom is -0.462 e. The van der Waals surface area contributed by atoms with Crippen LogP contribution in [0.1, 0.15) is 129 Å². The number of esters is 6.